The molecule has 3 amide bonds. The Bertz CT molecular complexity index is 1210. The van der Waals surface area contributed by atoms with Gasteiger partial charge in [0.15, 0.2) is 11.6 Å². The van der Waals surface area contributed by atoms with Crippen LogP contribution in [-0.4, -0.2) is 36.3 Å². The Morgan fingerprint density at radius 2 is 1.82 bits per heavy atom. The predicted octanol–water partition coefficient (Wildman–Crippen LogP) is 4.22. The molecule has 0 aliphatic rings. The molecule has 2 aromatic rings. The molecule has 0 saturated heterocycles. The molecule has 0 aliphatic carbocycles. The molecule has 1 heterocycles. The van der Waals surface area contributed by atoms with Crippen molar-refractivity contribution >= 4 is 51.1 Å². The smallest absolute Gasteiger partial charge is 0.290 e. The highest BCUT2D eigenvalue weighted by molar-refractivity contribution is 8.20. The first-order chi connectivity index (χ1) is 16.1. The van der Waals surface area contributed by atoms with E-state index in [0.29, 0.717) is 12.1 Å². The van der Waals surface area contributed by atoms with Crippen LogP contribution in [0.4, 0.5) is 16.4 Å². The number of nitrogens with zero attached hydrogens (tertiary/aromatic N) is 4. The first-order valence-electron chi connectivity index (χ1n) is 10.2. The largest absolute Gasteiger partial charge is 0.334 e. The summed E-state index contributed by atoms with van der Waals surface area (Å²) in [5.74, 6) is -0.285. The van der Waals surface area contributed by atoms with E-state index in [4.69, 9.17) is 0 Å². The highest BCUT2D eigenvalue weighted by atomic mass is 32.3. The SMILES string of the molecule is C=C(S/C(=C\C)CC)S(=O)(=O)NC(=O)Nc1ccc(N(/N=C(\C)c2ccccc2)C(C)=O)nn1. The van der Waals surface area contributed by atoms with Crippen LogP contribution in [-0.2, 0) is 14.8 Å². The van der Waals surface area contributed by atoms with Gasteiger partial charge >= 0.3 is 6.03 Å². The van der Waals surface area contributed by atoms with Gasteiger partial charge in [-0.25, -0.2) is 17.9 Å². The fourth-order valence-electron chi connectivity index (χ4n) is 2.53. The summed E-state index contributed by atoms with van der Waals surface area (Å²) in [4.78, 5) is 25.1. The quantitative estimate of drug-likeness (QED) is 0.387. The van der Waals surface area contributed by atoms with Crippen molar-refractivity contribution in [2.24, 2.45) is 5.10 Å². The fraction of sp³-hybridized carbons (Fsp3) is 0.227. The second kappa shape index (κ2) is 12.1. The van der Waals surface area contributed by atoms with Crippen LogP contribution in [0.3, 0.4) is 0 Å². The molecular formula is C22H26N6O4S2. The molecule has 0 bridgehead atoms. The van der Waals surface area contributed by atoms with Crippen molar-refractivity contribution in [2.45, 2.75) is 34.1 Å². The number of hydrogen-bond donors (Lipinski definition) is 2. The summed E-state index contributed by atoms with van der Waals surface area (Å²) < 4.78 is 26.3. The highest BCUT2D eigenvalue weighted by Crippen LogP contribution is 2.29. The lowest BCUT2D eigenvalue weighted by molar-refractivity contribution is -0.116. The number of amides is 3. The van der Waals surface area contributed by atoms with E-state index in [-0.39, 0.29) is 15.9 Å². The van der Waals surface area contributed by atoms with Gasteiger partial charge in [0.1, 0.15) is 4.24 Å². The molecule has 180 valence electrons. The number of urea groups is 1. The molecule has 10 nitrogen and oxygen atoms in total. The summed E-state index contributed by atoms with van der Waals surface area (Å²) in [6.45, 7) is 10.3. The van der Waals surface area contributed by atoms with Crippen LogP contribution in [0.1, 0.15) is 39.7 Å². The van der Waals surface area contributed by atoms with Gasteiger partial charge in [0.2, 0.25) is 5.91 Å². The third kappa shape index (κ3) is 7.52. The van der Waals surface area contributed by atoms with Gasteiger partial charge in [0, 0.05) is 6.92 Å². The van der Waals surface area contributed by atoms with E-state index >= 15 is 0 Å². The average molecular weight is 503 g/mol. The average Bonchev–Trinajstić information content (AvgIpc) is 2.81. The molecule has 0 unspecified atom stereocenters. The fourth-order valence-corrected chi connectivity index (χ4v) is 4.38. The topological polar surface area (TPSA) is 134 Å². The van der Waals surface area contributed by atoms with Crippen molar-refractivity contribution in [1.29, 1.82) is 0 Å². The van der Waals surface area contributed by atoms with E-state index in [9.17, 15) is 18.0 Å². The Kier molecular flexibility index (Phi) is 9.51. The van der Waals surface area contributed by atoms with Gasteiger partial charge in [-0.05, 0) is 42.9 Å². The summed E-state index contributed by atoms with van der Waals surface area (Å²) in [5, 5.41) is 15.4. The maximum atomic E-state index is 12.3. The zero-order valence-corrected chi connectivity index (χ0v) is 20.9. The molecule has 0 saturated carbocycles. The zero-order valence-electron chi connectivity index (χ0n) is 19.3. The zero-order chi connectivity index (χ0) is 25.3. The summed E-state index contributed by atoms with van der Waals surface area (Å²) in [6, 6.07) is 11.1. The Balaban J connectivity index is 2.10. The number of benzene rings is 1. The maximum Gasteiger partial charge on any atom is 0.334 e. The third-order valence-electron chi connectivity index (χ3n) is 4.29. The van der Waals surface area contributed by atoms with E-state index in [0.717, 1.165) is 27.2 Å². The number of hydrazone groups is 1. The third-order valence-corrected chi connectivity index (χ3v) is 7.27. The Morgan fingerprint density at radius 3 is 2.35 bits per heavy atom. The minimum Gasteiger partial charge on any atom is -0.290 e. The van der Waals surface area contributed by atoms with E-state index in [1.165, 1.54) is 19.1 Å². The normalized spacial score (nSPS) is 12.1. The maximum absolute atomic E-state index is 12.3. The minimum absolute atomic E-state index is 0.0234. The lowest BCUT2D eigenvalue weighted by atomic mass is 10.1. The van der Waals surface area contributed by atoms with Crippen molar-refractivity contribution in [3.8, 4) is 0 Å². The molecule has 0 spiro atoms. The number of rotatable bonds is 9. The number of aromatic nitrogens is 2. The van der Waals surface area contributed by atoms with Gasteiger partial charge in [-0.2, -0.15) is 10.1 Å². The van der Waals surface area contributed by atoms with Gasteiger partial charge in [-0.3, -0.25) is 10.1 Å². The lowest BCUT2D eigenvalue weighted by Gasteiger charge is -2.15. The van der Waals surface area contributed by atoms with Crippen LogP contribution in [0.2, 0.25) is 0 Å². The lowest BCUT2D eigenvalue weighted by Crippen LogP contribution is -2.34. The van der Waals surface area contributed by atoms with Crippen LogP contribution in [0.15, 0.2) is 69.4 Å². The molecule has 2 rings (SSSR count). The van der Waals surface area contributed by atoms with E-state index < -0.39 is 22.0 Å². The van der Waals surface area contributed by atoms with Crippen LogP contribution in [0, 0.1) is 0 Å². The van der Waals surface area contributed by atoms with Gasteiger partial charge in [0.25, 0.3) is 10.0 Å². The van der Waals surface area contributed by atoms with Gasteiger partial charge in [0.05, 0.1) is 5.71 Å². The number of anilines is 2. The summed E-state index contributed by atoms with van der Waals surface area (Å²) in [5.41, 5.74) is 1.42. The Hall–Kier alpha value is -3.51. The van der Waals surface area contributed by atoms with Crippen molar-refractivity contribution in [2.75, 3.05) is 10.3 Å². The molecule has 0 atom stereocenters. The second-order valence-corrected chi connectivity index (χ2v) is 9.98. The number of allylic oxidation sites excluding steroid dienone is 2. The minimum atomic E-state index is -4.12. The highest BCUT2D eigenvalue weighted by Gasteiger charge is 2.21. The van der Waals surface area contributed by atoms with E-state index in [1.807, 2.05) is 42.0 Å². The first kappa shape index (κ1) is 26.7. The number of carbonyl (C=O) groups excluding carboxylic acids is 2. The Labute approximate surface area is 203 Å². The first-order valence-corrected chi connectivity index (χ1v) is 12.5. The van der Waals surface area contributed by atoms with Crippen molar-refractivity contribution in [3.63, 3.8) is 0 Å². The monoisotopic (exact) mass is 502 g/mol. The number of thioether (sulfide) groups is 1. The van der Waals surface area contributed by atoms with Crippen molar-refractivity contribution < 1.29 is 18.0 Å². The molecule has 0 aliphatic heterocycles. The van der Waals surface area contributed by atoms with Crippen LogP contribution in [0.5, 0.6) is 0 Å². The summed E-state index contributed by atoms with van der Waals surface area (Å²) in [6.07, 6.45) is 2.41. The number of hydrogen-bond acceptors (Lipinski definition) is 8. The number of sulfonamides is 1. The van der Waals surface area contributed by atoms with Crippen LogP contribution < -0.4 is 15.0 Å². The molecule has 1 aromatic carbocycles. The standard InChI is InChI=1S/C22H26N6O4S2/c1-6-19(7-2)33-17(5)34(31,32)27-22(30)23-20-13-14-21(25-24-20)28(16(4)29)26-15(3)18-11-9-8-10-12-18/h6,8-14H,5,7H2,1-4H3,(H2,23,24,27,30)/b19-6-,26-15+. The molecule has 2 N–H and O–H groups in total. The molecule has 0 radical (unpaired) electrons. The molecule has 12 heteroatoms. The van der Waals surface area contributed by atoms with E-state index in [1.54, 1.807) is 19.9 Å². The molecule has 1 aromatic heterocycles. The number of nitrogens with one attached hydrogen (secondary N) is 2. The Morgan fingerprint density at radius 1 is 1.15 bits per heavy atom. The van der Waals surface area contributed by atoms with Crippen LogP contribution in [0.25, 0.3) is 0 Å². The molecule has 0 fully saturated rings. The predicted molar refractivity (Wildman–Crippen MR) is 136 cm³/mol. The molecular weight excluding hydrogens is 476 g/mol. The van der Waals surface area contributed by atoms with E-state index in [2.05, 4.69) is 27.2 Å². The number of carbonyl (C=O) groups is 2. The van der Waals surface area contributed by atoms with Crippen molar-refractivity contribution in [3.05, 3.63) is 69.8 Å². The summed E-state index contributed by atoms with van der Waals surface area (Å²) in [7, 11) is -4.12. The van der Waals surface area contributed by atoms with Crippen molar-refractivity contribution in [1.82, 2.24) is 14.9 Å². The van der Waals surface area contributed by atoms with Gasteiger partial charge in [-0.15, -0.1) is 10.2 Å². The second-order valence-electron chi connectivity index (χ2n) is 6.80. The van der Waals surface area contributed by atoms with Gasteiger partial charge in [-0.1, -0.05) is 61.7 Å². The summed E-state index contributed by atoms with van der Waals surface area (Å²) >= 11 is 0.969. The van der Waals surface area contributed by atoms with Crippen LogP contribution >= 0.6 is 11.8 Å². The van der Waals surface area contributed by atoms with Gasteiger partial charge < -0.3 is 0 Å². The molecule has 34 heavy (non-hydrogen) atoms.